The van der Waals surface area contributed by atoms with Gasteiger partial charge in [-0.1, -0.05) is 31.2 Å². The maximum Gasteiger partial charge on any atom is 0.127 e. The van der Waals surface area contributed by atoms with Crippen molar-refractivity contribution >= 4 is 22.7 Å². The van der Waals surface area contributed by atoms with E-state index < -0.39 is 0 Å². The Labute approximate surface area is 113 Å². The molecule has 0 aliphatic heterocycles. The molecule has 0 aliphatic carbocycles. The lowest BCUT2D eigenvalue weighted by atomic mass is 9.99. The summed E-state index contributed by atoms with van der Waals surface area (Å²) in [6, 6.07) is 12.3. The minimum absolute atomic E-state index is 0.0600. The van der Waals surface area contributed by atoms with Crippen LogP contribution in [-0.2, 0) is 9.63 Å². The minimum Gasteiger partial charge on any atom is -0.303 e. The van der Waals surface area contributed by atoms with Crippen molar-refractivity contribution in [3.8, 4) is 0 Å². The smallest absolute Gasteiger partial charge is 0.127 e. The molecule has 0 spiro atoms. The summed E-state index contributed by atoms with van der Waals surface area (Å²) in [7, 11) is 1.90. The summed E-state index contributed by atoms with van der Waals surface area (Å²) >= 11 is 0. The normalized spacial score (nSPS) is 12.4. The maximum absolute atomic E-state index is 10.8. The number of hydrogen-bond donors (Lipinski definition) is 0. The molecule has 2 rings (SSSR count). The fourth-order valence-corrected chi connectivity index (χ4v) is 2.08. The minimum atomic E-state index is -0.0600. The van der Waals surface area contributed by atoms with E-state index in [1.165, 1.54) is 0 Å². The van der Waals surface area contributed by atoms with E-state index in [1.807, 2.05) is 39.1 Å². The first kappa shape index (κ1) is 13.6. The Hall–Kier alpha value is -1.87. The summed E-state index contributed by atoms with van der Waals surface area (Å²) in [5, 5.41) is 4.05. The fraction of sp³-hybridized carbons (Fsp3) is 0.312. The van der Waals surface area contributed by atoms with Gasteiger partial charge in [0.2, 0.25) is 0 Å². The van der Waals surface area contributed by atoms with E-state index in [2.05, 4.69) is 18.2 Å². The van der Waals surface area contributed by atoms with Crippen molar-refractivity contribution in [2.75, 3.05) is 18.7 Å². The molecule has 3 nitrogen and oxygen atoms in total. The lowest BCUT2D eigenvalue weighted by molar-refractivity contribution is -0.108. The van der Waals surface area contributed by atoms with Gasteiger partial charge in [0.1, 0.15) is 6.29 Å². The van der Waals surface area contributed by atoms with Gasteiger partial charge in [-0.05, 0) is 35.4 Å². The molecule has 0 bridgehead atoms. The predicted molar refractivity (Wildman–Crippen MR) is 78.5 cm³/mol. The van der Waals surface area contributed by atoms with Crippen LogP contribution < -0.4 is 5.06 Å². The Morgan fingerprint density at radius 2 is 1.89 bits per heavy atom. The number of carbonyl (C=O) groups excluding carboxylic acids is 1. The molecule has 0 saturated carbocycles. The van der Waals surface area contributed by atoms with Crippen LogP contribution >= 0.6 is 0 Å². The molecule has 0 aromatic heterocycles. The number of carbonyl (C=O) groups is 1. The number of anilines is 1. The van der Waals surface area contributed by atoms with Crippen LogP contribution in [0.25, 0.3) is 10.8 Å². The molecule has 2 aromatic carbocycles. The summed E-state index contributed by atoms with van der Waals surface area (Å²) in [4.78, 5) is 16.3. The monoisotopic (exact) mass is 257 g/mol. The Morgan fingerprint density at radius 3 is 2.58 bits per heavy atom. The quantitative estimate of drug-likeness (QED) is 0.606. The van der Waals surface area contributed by atoms with Gasteiger partial charge in [-0.3, -0.25) is 9.90 Å². The molecule has 0 aliphatic rings. The second kappa shape index (κ2) is 5.85. The first-order valence-electron chi connectivity index (χ1n) is 6.51. The van der Waals surface area contributed by atoms with Crippen molar-refractivity contribution in [2.45, 2.75) is 19.8 Å². The zero-order chi connectivity index (χ0) is 13.8. The van der Waals surface area contributed by atoms with E-state index in [9.17, 15) is 4.79 Å². The molecular formula is C16H19NO2. The standard InChI is InChI=1S/C16H19NO2/c1-4-19-17(3)16-8-7-14-9-13(12(2)11-18)5-6-15(14)10-16/h5-12H,4H2,1-3H3. The van der Waals surface area contributed by atoms with Gasteiger partial charge < -0.3 is 4.79 Å². The Kier molecular flexibility index (Phi) is 4.17. The third kappa shape index (κ3) is 2.93. The highest BCUT2D eigenvalue weighted by Gasteiger charge is 2.06. The molecule has 1 unspecified atom stereocenters. The van der Waals surface area contributed by atoms with Gasteiger partial charge in [0, 0.05) is 13.0 Å². The maximum atomic E-state index is 10.8. The van der Waals surface area contributed by atoms with Crippen molar-refractivity contribution in [2.24, 2.45) is 0 Å². The fourth-order valence-electron chi connectivity index (χ4n) is 2.08. The van der Waals surface area contributed by atoms with E-state index in [0.29, 0.717) is 6.61 Å². The van der Waals surface area contributed by atoms with Crippen molar-refractivity contribution in [3.63, 3.8) is 0 Å². The number of hydrogen-bond acceptors (Lipinski definition) is 3. The van der Waals surface area contributed by atoms with Gasteiger partial charge in [-0.2, -0.15) is 0 Å². The zero-order valence-electron chi connectivity index (χ0n) is 11.6. The molecule has 0 saturated heterocycles. The van der Waals surface area contributed by atoms with Crippen LogP contribution in [0.5, 0.6) is 0 Å². The molecule has 0 N–H and O–H groups in total. The Bertz CT molecular complexity index is 580. The van der Waals surface area contributed by atoms with Crippen molar-refractivity contribution in [3.05, 3.63) is 42.0 Å². The molecule has 1 atom stereocenters. The molecule has 2 aromatic rings. The number of nitrogens with zero attached hydrogens (tertiary/aromatic N) is 1. The largest absolute Gasteiger partial charge is 0.303 e. The van der Waals surface area contributed by atoms with Crippen molar-refractivity contribution in [1.29, 1.82) is 0 Å². The van der Waals surface area contributed by atoms with E-state index in [0.717, 1.165) is 28.3 Å². The second-order valence-electron chi connectivity index (χ2n) is 4.63. The van der Waals surface area contributed by atoms with E-state index >= 15 is 0 Å². The third-order valence-electron chi connectivity index (χ3n) is 3.26. The topological polar surface area (TPSA) is 29.5 Å². The molecule has 3 heteroatoms. The summed E-state index contributed by atoms with van der Waals surface area (Å²) in [5.41, 5.74) is 2.07. The Balaban J connectivity index is 2.37. The van der Waals surface area contributed by atoms with Gasteiger partial charge in [-0.15, -0.1) is 0 Å². The molecule has 0 amide bonds. The lowest BCUT2D eigenvalue weighted by Crippen LogP contribution is -2.17. The summed E-state index contributed by atoms with van der Waals surface area (Å²) in [6.07, 6.45) is 0.971. The SMILES string of the molecule is CCON(C)c1ccc2cc(C(C)C=O)ccc2c1. The zero-order valence-corrected chi connectivity index (χ0v) is 11.6. The van der Waals surface area contributed by atoms with E-state index in [-0.39, 0.29) is 5.92 Å². The van der Waals surface area contributed by atoms with Crippen LogP contribution in [0.3, 0.4) is 0 Å². The first-order valence-corrected chi connectivity index (χ1v) is 6.51. The van der Waals surface area contributed by atoms with Crippen LogP contribution in [-0.4, -0.2) is 19.9 Å². The lowest BCUT2D eigenvalue weighted by Gasteiger charge is -2.18. The van der Waals surface area contributed by atoms with Gasteiger partial charge in [0.25, 0.3) is 0 Å². The number of rotatable bonds is 5. The molecule has 0 fully saturated rings. The molecule has 0 heterocycles. The van der Waals surface area contributed by atoms with Gasteiger partial charge >= 0.3 is 0 Å². The Morgan fingerprint density at radius 1 is 1.21 bits per heavy atom. The third-order valence-corrected chi connectivity index (χ3v) is 3.26. The first-order chi connectivity index (χ1) is 9.15. The summed E-state index contributed by atoms with van der Waals surface area (Å²) < 4.78 is 0. The van der Waals surface area contributed by atoms with Crippen LogP contribution in [0.1, 0.15) is 25.3 Å². The van der Waals surface area contributed by atoms with Crippen LogP contribution in [0.2, 0.25) is 0 Å². The van der Waals surface area contributed by atoms with Crippen LogP contribution in [0, 0.1) is 0 Å². The van der Waals surface area contributed by atoms with Crippen LogP contribution in [0.15, 0.2) is 36.4 Å². The predicted octanol–water partition coefficient (Wildman–Crippen LogP) is 3.53. The van der Waals surface area contributed by atoms with Gasteiger partial charge in [-0.25, -0.2) is 0 Å². The number of hydroxylamine groups is 1. The van der Waals surface area contributed by atoms with Crippen molar-refractivity contribution < 1.29 is 9.63 Å². The average molecular weight is 257 g/mol. The second-order valence-corrected chi connectivity index (χ2v) is 4.63. The number of benzene rings is 2. The molecular weight excluding hydrogens is 238 g/mol. The molecule has 0 radical (unpaired) electrons. The highest BCUT2D eigenvalue weighted by Crippen LogP contribution is 2.25. The van der Waals surface area contributed by atoms with Gasteiger partial charge in [0.05, 0.1) is 12.3 Å². The highest BCUT2D eigenvalue weighted by atomic mass is 16.7. The van der Waals surface area contributed by atoms with E-state index in [4.69, 9.17) is 4.84 Å². The molecule has 19 heavy (non-hydrogen) atoms. The number of fused-ring (bicyclic) bond motifs is 1. The average Bonchev–Trinajstić information content (AvgIpc) is 2.45. The van der Waals surface area contributed by atoms with E-state index in [1.54, 1.807) is 5.06 Å². The van der Waals surface area contributed by atoms with Crippen molar-refractivity contribution in [1.82, 2.24) is 0 Å². The summed E-state index contributed by atoms with van der Waals surface area (Å²) in [6.45, 7) is 4.51. The number of aldehydes is 1. The summed E-state index contributed by atoms with van der Waals surface area (Å²) in [5.74, 6) is -0.0600. The van der Waals surface area contributed by atoms with Crippen LogP contribution in [0.4, 0.5) is 5.69 Å². The molecule has 100 valence electrons. The van der Waals surface area contributed by atoms with Gasteiger partial charge in [0.15, 0.2) is 0 Å². The highest BCUT2D eigenvalue weighted by molar-refractivity contribution is 5.87.